The zero-order valence-electron chi connectivity index (χ0n) is 13.1. The fraction of sp³-hybridized carbons (Fsp3) is 0.867. The molecular weight excluding hydrogens is 242 g/mol. The molecule has 1 aliphatic heterocycles. The van der Waals surface area contributed by atoms with Gasteiger partial charge in [0.25, 0.3) is 0 Å². The molecule has 1 rings (SSSR count). The van der Waals surface area contributed by atoms with Gasteiger partial charge in [0.2, 0.25) is 0 Å². The minimum absolute atomic E-state index is 0.0406. The Morgan fingerprint density at radius 2 is 1.74 bits per heavy atom. The average Bonchev–Trinajstić information content (AvgIpc) is 2.72. The molecule has 0 aromatic rings. The van der Waals surface area contributed by atoms with Crippen molar-refractivity contribution in [3.8, 4) is 0 Å². The highest BCUT2D eigenvalue weighted by Gasteiger charge is 2.38. The summed E-state index contributed by atoms with van der Waals surface area (Å²) in [5.41, 5.74) is -0.506. The molecular formula is C15H27NO3. The standard InChI is InChI=1S/C15H27NO3/c1-14(2,3)12(17)10-19-13(18)11-8-7-9-16(11)15(4,5)6/h11H,7-10H2,1-6H3. The molecule has 1 saturated heterocycles. The number of likely N-dealkylation sites (tertiary alicyclic amines) is 1. The molecule has 1 fully saturated rings. The Hall–Kier alpha value is -0.900. The van der Waals surface area contributed by atoms with E-state index >= 15 is 0 Å². The quantitative estimate of drug-likeness (QED) is 0.738. The van der Waals surface area contributed by atoms with E-state index in [9.17, 15) is 9.59 Å². The van der Waals surface area contributed by atoms with Gasteiger partial charge in [0.05, 0.1) is 0 Å². The fourth-order valence-corrected chi connectivity index (χ4v) is 2.26. The predicted molar refractivity (Wildman–Crippen MR) is 74.9 cm³/mol. The number of rotatable bonds is 3. The lowest BCUT2D eigenvalue weighted by molar-refractivity contribution is -0.155. The summed E-state index contributed by atoms with van der Waals surface area (Å²) in [6.45, 7) is 12.6. The first-order valence-electron chi connectivity index (χ1n) is 7.00. The maximum Gasteiger partial charge on any atom is 0.323 e. The Bertz CT molecular complexity index is 349. The molecule has 110 valence electrons. The number of ether oxygens (including phenoxy) is 1. The molecule has 0 spiro atoms. The van der Waals surface area contributed by atoms with E-state index in [1.165, 1.54) is 0 Å². The summed E-state index contributed by atoms with van der Waals surface area (Å²) >= 11 is 0. The van der Waals surface area contributed by atoms with Gasteiger partial charge in [0.1, 0.15) is 6.04 Å². The third kappa shape index (κ3) is 4.30. The first-order valence-corrected chi connectivity index (χ1v) is 7.00. The number of hydrogen-bond acceptors (Lipinski definition) is 4. The number of hydrogen-bond donors (Lipinski definition) is 0. The number of carbonyl (C=O) groups excluding carboxylic acids is 2. The Labute approximate surface area is 116 Å². The zero-order chi connectivity index (χ0) is 14.8. The van der Waals surface area contributed by atoms with E-state index in [4.69, 9.17) is 4.74 Å². The molecule has 1 unspecified atom stereocenters. The number of nitrogens with zero attached hydrogens (tertiary/aromatic N) is 1. The van der Waals surface area contributed by atoms with Crippen LogP contribution in [0.25, 0.3) is 0 Å². The van der Waals surface area contributed by atoms with Crippen LogP contribution in [0.1, 0.15) is 54.4 Å². The van der Waals surface area contributed by atoms with Gasteiger partial charge in [0.15, 0.2) is 12.4 Å². The maximum atomic E-state index is 12.1. The van der Waals surface area contributed by atoms with Crippen molar-refractivity contribution in [2.45, 2.75) is 66.0 Å². The minimum Gasteiger partial charge on any atom is -0.456 e. The third-order valence-corrected chi connectivity index (χ3v) is 3.57. The smallest absolute Gasteiger partial charge is 0.323 e. The molecule has 0 amide bonds. The van der Waals surface area contributed by atoms with Gasteiger partial charge in [0, 0.05) is 11.0 Å². The van der Waals surface area contributed by atoms with Crippen LogP contribution in [0.3, 0.4) is 0 Å². The number of Topliss-reactive ketones (excluding diaryl/α,β-unsaturated/α-hetero) is 1. The summed E-state index contributed by atoms with van der Waals surface area (Å²) in [4.78, 5) is 26.1. The largest absolute Gasteiger partial charge is 0.456 e. The van der Waals surface area contributed by atoms with Crippen molar-refractivity contribution in [1.82, 2.24) is 4.90 Å². The van der Waals surface area contributed by atoms with Gasteiger partial charge in [-0.2, -0.15) is 0 Å². The van der Waals surface area contributed by atoms with Crippen molar-refractivity contribution in [3.63, 3.8) is 0 Å². The lowest BCUT2D eigenvalue weighted by atomic mass is 9.91. The summed E-state index contributed by atoms with van der Waals surface area (Å²) in [7, 11) is 0. The van der Waals surface area contributed by atoms with Gasteiger partial charge in [-0.05, 0) is 40.2 Å². The highest BCUT2D eigenvalue weighted by atomic mass is 16.5. The molecule has 4 heteroatoms. The molecule has 1 atom stereocenters. The van der Waals surface area contributed by atoms with Gasteiger partial charge in [-0.1, -0.05) is 20.8 Å². The lowest BCUT2D eigenvalue weighted by Crippen LogP contribution is -2.48. The summed E-state index contributed by atoms with van der Waals surface area (Å²) in [6.07, 6.45) is 1.82. The van der Waals surface area contributed by atoms with Crippen molar-refractivity contribution in [3.05, 3.63) is 0 Å². The van der Waals surface area contributed by atoms with E-state index in [1.54, 1.807) is 0 Å². The van der Waals surface area contributed by atoms with E-state index in [0.717, 1.165) is 19.4 Å². The van der Waals surface area contributed by atoms with E-state index in [1.807, 2.05) is 20.8 Å². The molecule has 0 aromatic heterocycles. The van der Waals surface area contributed by atoms with Crippen molar-refractivity contribution in [2.24, 2.45) is 5.41 Å². The first-order chi connectivity index (χ1) is 8.53. The van der Waals surface area contributed by atoms with Crippen LogP contribution in [0.2, 0.25) is 0 Å². The van der Waals surface area contributed by atoms with E-state index in [-0.39, 0.29) is 29.9 Å². The van der Waals surface area contributed by atoms with E-state index in [2.05, 4.69) is 25.7 Å². The van der Waals surface area contributed by atoms with Crippen LogP contribution in [0, 0.1) is 5.41 Å². The molecule has 0 aromatic carbocycles. The molecule has 0 saturated carbocycles. The van der Waals surface area contributed by atoms with Gasteiger partial charge in [-0.15, -0.1) is 0 Å². The van der Waals surface area contributed by atoms with E-state index < -0.39 is 5.41 Å². The van der Waals surface area contributed by atoms with Gasteiger partial charge < -0.3 is 4.74 Å². The number of esters is 1. The molecule has 0 N–H and O–H groups in total. The Morgan fingerprint density at radius 3 is 2.21 bits per heavy atom. The molecule has 0 bridgehead atoms. The molecule has 1 heterocycles. The monoisotopic (exact) mass is 269 g/mol. The Kier molecular flexibility index (Phi) is 4.77. The summed E-state index contributed by atoms with van der Waals surface area (Å²) in [5, 5.41) is 0. The van der Waals surface area contributed by atoms with Crippen LogP contribution in [0.4, 0.5) is 0 Å². The topological polar surface area (TPSA) is 46.6 Å². The third-order valence-electron chi connectivity index (χ3n) is 3.57. The summed E-state index contributed by atoms with van der Waals surface area (Å²) < 4.78 is 5.21. The van der Waals surface area contributed by atoms with Crippen LogP contribution in [-0.4, -0.2) is 41.4 Å². The molecule has 4 nitrogen and oxygen atoms in total. The highest BCUT2D eigenvalue weighted by molar-refractivity contribution is 5.87. The van der Waals surface area contributed by atoms with Crippen LogP contribution in [0.5, 0.6) is 0 Å². The van der Waals surface area contributed by atoms with Gasteiger partial charge >= 0.3 is 5.97 Å². The second kappa shape index (κ2) is 5.61. The van der Waals surface area contributed by atoms with Crippen molar-refractivity contribution < 1.29 is 14.3 Å². The predicted octanol–water partition coefficient (Wildman–Crippen LogP) is 2.41. The number of carbonyl (C=O) groups is 2. The first kappa shape index (κ1) is 16.2. The van der Waals surface area contributed by atoms with Gasteiger partial charge in [-0.25, -0.2) is 0 Å². The van der Waals surface area contributed by atoms with Crippen LogP contribution >= 0.6 is 0 Å². The molecule has 1 aliphatic rings. The minimum atomic E-state index is -0.459. The van der Waals surface area contributed by atoms with Crippen molar-refractivity contribution in [1.29, 1.82) is 0 Å². The zero-order valence-corrected chi connectivity index (χ0v) is 13.1. The maximum absolute atomic E-state index is 12.1. The SMILES string of the molecule is CC(C)(C)C(=O)COC(=O)C1CCCN1C(C)(C)C. The second-order valence-corrected chi connectivity index (χ2v) is 7.30. The summed E-state index contributed by atoms with van der Waals surface area (Å²) in [5.74, 6) is -0.300. The van der Waals surface area contributed by atoms with Crippen molar-refractivity contribution in [2.75, 3.05) is 13.2 Å². The fourth-order valence-electron chi connectivity index (χ4n) is 2.26. The summed E-state index contributed by atoms with van der Waals surface area (Å²) in [6, 6.07) is -0.201. The highest BCUT2D eigenvalue weighted by Crippen LogP contribution is 2.27. The molecule has 19 heavy (non-hydrogen) atoms. The van der Waals surface area contributed by atoms with Gasteiger partial charge in [-0.3, -0.25) is 14.5 Å². The normalized spacial score (nSPS) is 21.5. The van der Waals surface area contributed by atoms with Crippen LogP contribution in [-0.2, 0) is 14.3 Å². The second-order valence-electron chi connectivity index (χ2n) is 7.30. The number of ketones is 1. The van der Waals surface area contributed by atoms with Crippen LogP contribution < -0.4 is 0 Å². The van der Waals surface area contributed by atoms with E-state index in [0.29, 0.717) is 0 Å². The molecule has 0 radical (unpaired) electrons. The van der Waals surface area contributed by atoms with Crippen molar-refractivity contribution >= 4 is 11.8 Å². The molecule has 0 aliphatic carbocycles. The lowest BCUT2D eigenvalue weighted by Gasteiger charge is -2.35. The average molecular weight is 269 g/mol. The Balaban J connectivity index is 2.57. The van der Waals surface area contributed by atoms with Crippen LogP contribution in [0.15, 0.2) is 0 Å². The Morgan fingerprint density at radius 1 is 1.16 bits per heavy atom.